The van der Waals surface area contributed by atoms with Gasteiger partial charge in [0.1, 0.15) is 0 Å². The van der Waals surface area contributed by atoms with Gasteiger partial charge in [0.25, 0.3) is 5.91 Å². The van der Waals surface area contributed by atoms with Crippen LogP contribution < -0.4 is 10.6 Å². The Kier molecular flexibility index (Phi) is 12.9. The number of benzene rings is 1. The van der Waals surface area contributed by atoms with Gasteiger partial charge in [-0.25, -0.2) is 4.98 Å². The molecule has 2 amide bonds. The van der Waals surface area contributed by atoms with Crippen LogP contribution in [0, 0.1) is 12.8 Å². The summed E-state index contributed by atoms with van der Waals surface area (Å²) >= 11 is 1.36. The number of methoxy groups -OCH3 is 1. The molecule has 2 heterocycles. The highest BCUT2D eigenvalue weighted by molar-refractivity contribution is 7.14. The number of thiazole rings is 1. The molecule has 0 saturated carbocycles. The van der Waals surface area contributed by atoms with Gasteiger partial charge in [0.2, 0.25) is 5.91 Å². The zero-order chi connectivity index (χ0) is 29.0. The van der Waals surface area contributed by atoms with Crippen LogP contribution in [-0.2, 0) is 15.1 Å². The minimum absolute atomic E-state index is 0.101. The van der Waals surface area contributed by atoms with Gasteiger partial charge < -0.3 is 19.9 Å². The van der Waals surface area contributed by atoms with Gasteiger partial charge in [-0.3, -0.25) is 9.59 Å². The molecule has 3 rings (SSSR count). The molecule has 2 N–H and O–H groups in total. The van der Waals surface area contributed by atoms with Crippen molar-refractivity contribution in [2.75, 3.05) is 19.0 Å². The van der Waals surface area contributed by atoms with E-state index >= 15 is 0 Å². The Morgan fingerprint density at radius 3 is 2.51 bits per heavy atom. The molecule has 8 heteroatoms. The summed E-state index contributed by atoms with van der Waals surface area (Å²) in [6, 6.07) is 9.78. The monoisotopic (exact) mass is 554 g/mol. The zero-order valence-corrected chi connectivity index (χ0v) is 25.7. The van der Waals surface area contributed by atoms with E-state index in [1.54, 1.807) is 12.3 Å². The molecule has 0 aliphatic heterocycles. The molecule has 7 nitrogen and oxygen atoms in total. The average molecular weight is 555 g/mol. The largest absolute Gasteiger partial charge is 0.381 e. The number of anilines is 1. The highest BCUT2D eigenvalue weighted by Gasteiger charge is 2.16. The Hall–Kier alpha value is -2.97. The Bertz CT molecular complexity index is 1180. The van der Waals surface area contributed by atoms with E-state index in [1.165, 1.54) is 37.0 Å². The van der Waals surface area contributed by atoms with Crippen LogP contribution in [0.4, 0.5) is 5.13 Å². The van der Waals surface area contributed by atoms with Gasteiger partial charge in [-0.2, -0.15) is 0 Å². The fourth-order valence-corrected chi connectivity index (χ4v) is 4.67. The zero-order valence-electron chi connectivity index (χ0n) is 24.8. The van der Waals surface area contributed by atoms with Crippen molar-refractivity contribution < 1.29 is 14.3 Å². The standard InChI is InChI=1S/C21H24N4O2S.C10H22O/c1-14-6-5-7-15(10-14)17-13-28-20(23-17)24-18(26)11-22-19(27)16-8-9-25(12-16)21(2,3)4;1-5-6-7-10(11-4)8-9(2)3/h5-10,12-13H,11H2,1-4H3,(H,22,27)(H,23,24,26);9-10H,5-8H2,1-4H3. The number of hydrogen-bond acceptors (Lipinski definition) is 5. The van der Waals surface area contributed by atoms with E-state index in [-0.39, 0.29) is 23.9 Å². The lowest BCUT2D eigenvalue weighted by Gasteiger charge is -2.20. The summed E-state index contributed by atoms with van der Waals surface area (Å²) in [5.74, 6) is 0.170. The van der Waals surface area contributed by atoms with Crippen LogP contribution in [0.1, 0.15) is 83.1 Å². The number of nitrogens with one attached hydrogen (secondary N) is 2. The lowest BCUT2D eigenvalue weighted by Crippen LogP contribution is -2.32. The number of aryl methyl sites for hydroxylation is 1. The summed E-state index contributed by atoms with van der Waals surface area (Å²) in [4.78, 5) is 28.8. The fraction of sp³-hybridized carbons (Fsp3) is 0.516. The molecule has 2 aromatic heterocycles. The van der Waals surface area contributed by atoms with Crippen LogP contribution in [0.25, 0.3) is 11.3 Å². The maximum atomic E-state index is 12.2. The third-order valence-electron chi connectivity index (χ3n) is 6.15. The number of carbonyl (C=O) groups excluding carboxylic acids is 2. The van der Waals surface area contributed by atoms with Crippen LogP contribution in [-0.4, -0.2) is 41.1 Å². The molecule has 1 atom stereocenters. The SMILES string of the molecule is CCCCC(CC(C)C)OC.Cc1cccc(-c2csc(NC(=O)CNC(=O)c3ccn(C(C)(C)C)c3)n2)c1. The number of amides is 2. The minimum Gasteiger partial charge on any atom is -0.381 e. The number of nitrogens with zero attached hydrogens (tertiary/aromatic N) is 2. The minimum atomic E-state index is -0.311. The first-order valence-corrected chi connectivity index (χ1v) is 14.6. The number of unbranched alkanes of at least 4 members (excludes halogenated alkanes) is 1. The number of aromatic nitrogens is 2. The normalized spacial score (nSPS) is 12.0. The van der Waals surface area contributed by atoms with E-state index < -0.39 is 0 Å². The van der Waals surface area contributed by atoms with E-state index in [0.717, 1.165) is 22.7 Å². The van der Waals surface area contributed by atoms with Gasteiger partial charge in [-0.05, 0) is 58.6 Å². The van der Waals surface area contributed by atoms with Crippen molar-refractivity contribution in [3.63, 3.8) is 0 Å². The predicted molar refractivity (Wildman–Crippen MR) is 162 cm³/mol. The van der Waals surface area contributed by atoms with Gasteiger partial charge in [-0.15, -0.1) is 11.3 Å². The van der Waals surface area contributed by atoms with Gasteiger partial charge in [0.15, 0.2) is 5.13 Å². The number of carbonyl (C=O) groups is 2. The first-order chi connectivity index (χ1) is 18.4. The first-order valence-electron chi connectivity index (χ1n) is 13.7. The highest BCUT2D eigenvalue weighted by Crippen LogP contribution is 2.25. The van der Waals surface area contributed by atoms with Gasteiger partial charge in [0.05, 0.1) is 23.9 Å². The van der Waals surface area contributed by atoms with E-state index in [4.69, 9.17) is 4.74 Å². The Morgan fingerprint density at radius 1 is 1.18 bits per heavy atom. The topological polar surface area (TPSA) is 85.3 Å². The van der Waals surface area contributed by atoms with Gasteiger partial charge >= 0.3 is 0 Å². The Labute approximate surface area is 238 Å². The van der Waals surface area contributed by atoms with Gasteiger partial charge in [0, 0.05) is 36.0 Å². The molecule has 0 fully saturated rings. The molecular formula is C31H46N4O3S. The quantitative estimate of drug-likeness (QED) is 0.261. The fourth-order valence-electron chi connectivity index (χ4n) is 3.93. The van der Waals surface area contributed by atoms with E-state index in [1.807, 2.05) is 54.4 Å². The third kappa shape index (κ3) is 11.3. The molecule has 214 valence electrons. The molecule has 0 bridgehead atoms. The van der Waals surface area contributed by atoms with Crippen molar-refractivity contribution in [1.29, 1.82) is 0 Å². The third-order valence-corrected chi connectivity index (χ3v) is 6.91. The summed E-state index contributed by atoms with van der Waals surface area (Å²) in [5, 5.41) is 7.78. The van der Waals surface area contributed by atoms with Crippen LogP contribution in [0.2, 0.25) is 0 Å². The molecular weight excluding hydrogens is 508 g/mol. The second-order valence-electron chi connectivity index (χ2n) is 11.2. The van der Waals surface area contributed by atoms with Crippen molar-refractivity contribution in [2.45, 2.75) is 85.8 Å². The maximum absolute atomic E-state index is 12.2. The molecule has 1 unspecified atom stereocenters. The smallest absolute Gasteiger partial charge is 0.253 e. The molecule has 0 radical (unpaired) electrons. The van der Waals surface area contributed by atoms with Crippen LogP contribution in [0.3, 0.4) is 0 Å². The summed E-state index contributed by atoms with van der Waals surface area (Å²) < 4.78 is 7.33. The predicted octanol–water partition coefficient (Wildman–Crippen LogP) is 7.28. The first kappa shape index (κ1) is 32.2. The molecule has 0 aliphatic carbocycles. The molecule has 1 aromatic carbocycles. The second kappa shape index (κ2) is 15.6. The lowest BCUT2D eigenvalue weighted by molar-refractivity contribution is -0.115. The van der Waals surface area contributed by atoms with Crippen molar-refractivity contribution in [3.8, 4) is 11.3 Å². The van der Waals surface area contributed by atoms with Crippen LogP contribution in [0.15, 0.2) is 48.1 Å². The van der Waals surface area contributed by atoms with Crippen molar-refractivity contribution >= 4 is 28.3 Å². The van der Waals surface area contributed by atoms with E-state index in [2.05, 4.69) is 57.2 Å². The maximum Gasteiger partial charge on any atom is 0.253 e. The van der Waals surface area contributed by atoms with Gasteiger partial charge in [-0.1, -0.05) is 57.4 Å². The number of ether oxygens (including phenoxy) is 1. The van der Waals surface area contributed by atoms with Crippen LogP contribution >= 0.6 is 11.3 Å². The van der Waals surface area contributed by atoms with Crippen molar-refractivity contribution in [3.05, 3.63) is 59.2 Å². The molecule has 39 heavy (non-hydrogen) atoms. The van der Waals surface area contributed by atoms with E-state index in [9.17, 15) is 9.59 Å². The summed E-state index contributed by atoms with van der Waals surface area (Å²) in [5.41, 5.74) is 3.40. The summed E-state index contributed by atoms with van der Waals surface area (Å²) in [6.45, 7) is 14.8. The Balaban J connectivity index is 0.000000411. The summed E-state index contributed by atoms with van der Waals surface area (Å²) in [6.07, 6.45) is 9.14. The second-order valence-corrected chi connectivity index (χ2v) is 12.1. The van der Waals surface area contributed by atoms with E-state index in [0.29, 0.717) is 16.8 Å². The molecule has 0 saturated heterocycles. The van der Waals surface area contributed by atoms with Crippen molar-refractivity contribution in [2.24, 2.45) is 5.92 Å². The summed E-state index contributed by atoms with van der Waals surface area (Å²) in [7, 11) is 1.82. The molecule has 3 aromatic rings. The van der Waals surface area contributed by atoms with Crippen LogP contribution in [0.5, 0.6) is 0 Å². The molecule has 0 spiro atoms. The lowest BCUT2D eigenvalue weighted by atomic mass is 10.0. The van der Waals surface area contributed by atoms with Crippen molar-refractivity contribution in [1.82, 2.24) is 14.9 Å². The Morgan fingerprint density at radius 2 is 1.92 bits per heavy atom. The number of rotatable bonds is 11. The number of hydrogen-bond donors (Lipinski definition) is 2. The average Bonchev–Trinajstić information content (AvgIpc) is 3.56. The highest BCUT2D eigenvalue weighted by atomic mass is 32.1. The molecule has 0 aliphatic rings.